The van der Waals surface area contributed by atoms with Crippen molar-refractivity contribution in [1.29, 1.82) is 0 Å². The average Bonchev–Trinajstić information content (AvgIpc) is 2.70. The third-order valence-corrected chi connectivity index (χ3v) is 4.34. The zero-order chi connectivity index (χ0) is 13.1. The van der Waals surface area contributed by atoms with Gasteiger partial charge in [-0.2, -0.15) is 0 Å². The van der Waals surface area contributed by atoms with E-state index in [1.54, 1.807) is 0 Å². The van der Waals surface area contributed by atoms with Gasteiger partial charge in [0.2, 0.25) is 0 Å². The first-order valence-corrected chi connectivity index (χ1v) is 7.16. The van der Waals surface area contributed by atoms with E-state index in [4.69, 9.17) is 9.47 Å². The first-order valence-electron chi connectivity index (χ1n) is 7.16. The molecule has 2 fully saturated rings. The first-order chi connectivity index (χ1) is 8.60. The van der Waals surface area contributed by atoms with Gasteiger partial charge in [-0.15, -0.1) is 0 Å². The molecule has 1 unspecified atom stereocenters. The number of carbonyl (C=O) groups is 1. The predicted molar refractivity (Wildman–Crippen MR) is 69.2 cm³/mol. The van der Waals surface area contributed by atoms with Gasteiger partial charge in [-0.25, -0.2) is 0 Å². The summed E-state index contributed by atoms with van der Waals surface area (Å²) < 4.78 is 11.2. The fourth-order valence-electron chi connectivity index (χ4n) is 3.12. The van der Waals surface area contributed by atoms with Gasteiger partial charge in [0.15, 0.2) is 0 Å². The maximum absolute atomic E-state index is 10.8. The average molecular weight is 255 g/mol. The fraction of sp³-hybridized carbons (Fsp3) is 0.929. The summed E-state index contributed by atoms with van der Waals surface area (Å²) in [6, 6.07) is 0. The van der Waals surface area contributed by atoms with Crippen LogP contribution < -0.4 is 5.32 Å². The summed E-state index contributed by atoms with van der Waals surface area (Å²) >= 11 is 0. The molecular formula is C14H25NO3. The smallest absolute Gasteiger partial charge is 0.302 e. The minimum absolute atomic E-state index is 0.00715. The van der Waals surface area contributed by atoms with E-state index >= 15 is 0 Å². The standard InChI is InChI=1S/C14H25NO3/c1-3-13(9-10-17-12(2)16)11-18-14(15-13)7-5-4-6-8-14/h15H,3-11H2,1-2H3. The van der Waals surface area contributed by atoms with Crippen molar-refractivity contribution in [1.82, 2.24) is 5.32 Å². The van der Waals surface area contributed by atoms with Gasteiger partial charge >= 0.3 is 5.97 Å². The zero-order valence-corrected chi connectivity index (χ0v) is 11.6. The van der Waals surface area contributed by atoms with E-state index in [-0.39, 0.29) is 17.2 Å². The SMILES string of the molecule is CCC1(CCOC(C)=O)COC2(CCCCC2)N1. The third-order valence-electron chi connectivity index (χ3n) is 4.34. The topological polar surface area (TPSA) is 47.6 Å². The van der Waals surface area contributed by atoms with Gasteiger partial charge in [0.1, 0.15) is 5.72 Å². The lowest BCUT2D eigenvalue weighted by Crippen LogP contribution is -2.52. The second-order valence-corrected chi connectivity index (χ2v) is 5.69. The van der Waals surface area contributed by atoms with Crippen LogP contribution in [0.15, 0.2) is 0 Å². The summed E-state index contributed by atoms with van der Waals surface area (Å²) in [5, 5.41) is 3.73. The van der Waals surface area contributed by atoms with Gasteiger partial charge in [-0.3, -0.25) is 10.1 Å². The number of rotatable bonds is 4. The Kier molecular flexibility index (Phi) is 4.28. The Morgan fingerprint density at radius 2 is 2.06 bits per heavy atom. The van der Waals surface area contributed by atoms with E-state index in [9.17, 15) is 4.79 Å². The number of ether oxygens (including phenoxy) is 2. The molecule has 0 aromatic heterocycles. The molecule has 4 nitrogen and oxygen atoms in total. The van der Waals surface area contributed by atoms with Crippen LogP contribution in [0.4, 0.5) is 0 Å². The Hall–Kier alpha value is -0.610. The van der Waals surface area contributed by atoms with Gasteiger partial charge in [-0.1, -0.05) is 13.3 Å². The molecule has 1 aliphatic carbocycles. The quantitative estimate of drug-likeness (QED) is 0.783. The molecule has 4 heteroatoms. The van der Waals surface area contributed by atoms with Crippen molar-refractivity contribution in [3.63, 3.8) is 0 Å². The summed E-state index contributed by atoms with van der Waals surface area (Å²) in [5.41, 5.74) is -0.0999. The highest BCUT2D eigenvalue weighted by molar-refractivity contribution is 5.65. The molecular weight excluding hydrogens is 230 g/mol. The molecule has 0 radical (unpaired) electrons. The molecule has 18 heavy (non-hydrogen) atoms. The highest BCUT2D eigenvalue weighted by Gasteiger charge is 2.47. The molecule has 0 aromatic rings. The molecule has 1 saturated carbocycles. The molecule has 1 N–H and O–H groups in total. The van der Waals surface area contributed by atoms with Crippen molar-refractivity contribution in [2.24, 2.45) is 0 Å². The zero-order valence-electron chi connectivity index (χ0n) is 11.6. The van der Waals surface area contributed by atoms with E-state index in [1.807, 2.05) is 0 Å². The van der Waals surface area contributed by atoms with Crippen LogP contribution in [0, 0.1) is 0 Å². The van der Waals surface area contributed by atoms with Crippen LogP contribution >= 0.6 is 0 Å². The van der Waals surface area contributed by atoms with Crippen LogP contribution in [-0.2, 0) is 14.3 Å². The summed E-state index contributed by atoms with van der Waals surface area (Å²) in [5.74, 6) is -0.201. The number of hydrogen-bond acceptors (Lipinski definition) is 4. The van der Waals surface area contributed by atoms with E-state index < -0.39 is 0 Å². The fourth-order valence-corrected chi connectivity index (χ4v) is 3.12. The third kappa shape index (κ3) is 3.04. The van der Waals surface area contributed by atoms with E-state index in [1.165, 1.54) is 26.2 Å². The number of esters is 1. The highest BCUT2D eigenvalue weighted by Crippen LogP contribution is 2.38. The lowest BCUT2D eigenvalue weighted by molar-refractivity contribution is -0.141. The Bertz CT molecular complexity index is 299. The molecule has 1 saturated heterocycles. The van der Waals surface area contributed by atoms with Crippen LogP contribution in [0.1, 0.15) is 58.8 Å². The molecule has 0 bridgehead atoms. The van der Waals surface area contributed by atoms with Gasteiger partial charge in [0.05, 0.1) is 13.2 Å². The van der Waals surface area contributed by atoms with Crippen LogP contribution in [0.3, 0.4) is 0 Å². The highest BCUT2D eigenvalue weighted by atomic mass is 16.5. The van der Waals surface area contributed by atoms with Gasteiger partial charge in [0.25, 0.3) is 0 Å². The van der Waals surface area contributed by atoms with E-state index in [0.29, 0.717) is 6.61 Å². The van der Waals surface area contributed by atoms with Crippen LogP contribution in [-0.4, -0.2) is 30.4 Å². The Morgan fingerprint density at radius 3 is 2.67 bits per heavy atom. The van der Waals surface area contributed by atoms with Crippen LogP contribution in [0.2, 0.25) is 0 Å². The summed E-state index contributed by atoms with van der Waals surface area (Å²) in [4.78, 5) is 10.8. The Balaban J connectivity index is 1.91. The maximum atomic E-state index is 10.8. The van der Waals surface area contributed by atoms with Crippen LogP contribution in [0.25, 0.3) is 0 Å². The van der Waals surface area contributed by atoms with E-state index in [2.05, 4.69) is 12.2 Å². The first kappa shape index (κ1) is 13.8. The minimum atomic E-state index is -0.201. The Morgan fingerprint density at radius 1 is 1.33 bits per heavy atom. The van der Waals surface area contributed by atoms with Crippen molar-refractivity contribution in [3.8, 4) is 0 Å². The van der Waals surface area contributed by atoms with Crippen molar-refractivity contribution >= 4 is 5.97 Å². The van der Waals surface area contributed by atoms with Gasteiger partial charge in [0, 0.05) is 18.9 Å². The number of nitrogens with one attached hydrogen (secondary N) is 1. The van der Waals surface area contributed by atoms with Crippen molar-refractivity contribution in [3.05, 3.63) is 0 Å². The summed E-state index contributed by atoms with van der Waals surface area (Å²) in [6.45, 7) is 4.85. The van der Waals surface area contributed by atoms with Crippen molar-refractivity contribution in [2.45, 2.75) is 70.1 Å². The Labute approximate surface area is 109 Å². The molecule has 1 spiro atoms. The molecule has 104 valence electrons. The lowest BCUT2D eigenvalue weighted by atomic mass is 9.88. The monoisotopic (exact) mass is 255 g/mol. The van der Waals surface area contributed by atoms with Crippen LogP contribution in [0.5, 0.6) is 0 Å². The van der Waals surface area contributed by atoms with Gasteiger partial charge in [-0.05, 0) is 32.1 Å². The predicted octanol–water partition coefficient (Wildman–Crippen LogP) is 2.37. The molecule has 0 amide bonds. The van der Waals surface area contributed by atoms with Crippen molar-refractivity contribution in [2.75, 3.05) is 13.2 Å². The second-order valence-electron chi connectivity index (χ2n) is 5.69. The van der Waals surface area contributed by atoms with Crippen molar-refractivity contribution < 1.29 is 14.3 Å². The maximum Gasteiger partial charge on any atom is 0.302 e. The molecule has 1 atom stereocenters. The summed E-state index contributed by atoms with van der Waals surface area (Å²) in [6.07, 6.45) is 7.89. The minimum Gasteiger partial charge on any atom is -0.466 e. The molecule has 0 aromatic carbocycles. The second kappa shape index (κ2) is 5.57. The van der Waals surface area contributed by atoms with Gasteiger partial charge < -0.3 is 9.47 Å². The number of hydrogen-bond donors (Lipinski definition) is 1. The molecule has 2 aliphatic rings. The largest absolute Gasteiger partial charge is 0.466 e. The lowest BCUT2D eigenvalue weighted by Gasteiger charge is -2.36. The molecule has 1 heterocycles. The molecule has 1 aliphatic heterocycles. The normalized spacial score (nSPS) is 30.6. The number of carbonyl (C=O) groups excluding carboxylic acids is 1. The molecule has 2 rings (SSSR count). The summed E-state index contributed by atoms with van der Waals surface area (Å²) in [7, 11) is 0. The van der Waals surface area contributed by atoms with E-state index in [0.717, 1.165) is 32.3 Å².